The highest BCUT2D eigenvalue weighted by molar-refractivity contribution is 4.92. The Kier molecular flexibility index (Phi) is 3.92. The lowest BCUT2D eigenvalue weighted by molar-refractivity contribution is -0.0753. The van der Waals surface area contributed by atoms with Gasteiger partial charge in [-0.25, -0.2) is 0 Å². The topological polar surface area (TPSA) is 24.5 Å². The Labute approximate surface area is 111 Å². The molecule has 2 aliphatic heterocycles. The summed E-state index contributed by atoms with van der Waals surface area (Å²) >= 11 is 0. The van der Waals surface area contributed by atoms with Gasteiger partial charge in [-0.1, -0.05) is 19.3 Å². The zero-order chi connectivity index (χ0) is 12.4. The zero-order valence-electron chi connectivity index (χ0n) is 11.8. The van der Waals surface area contributed by atoms with Gasteiger partial charge in [0.05, 0.1) is 11.7 Å². The number of hydrogen-bond acceptors (Lipinski definition) is 3. The molecule has 1 unspecified atom stereocenters. The van der Waals surface area contributed by atoms with Crippen LogP contribution in [0.15, 0.2) is 0 Å². The van der Waals surface area contributed by atoms with Crippen molar-refractivity contribution in [3.8, 4) is 0 Å². The van der Waals surface area contributed by atoms with Crippen LogP contribution < -0.4 is 5.32 Å². The van der Waals surface area contributed by atoms with Crippen molar-refractivity contribution in [1.29, 1.82) is 0 Å². The largest absolute Gasteiger partial charge is 0.370 e. The highest BCUT2D eigenvalue weighted by Crippen LogP contribution is 2.42. The summed E-state index contributed by atoms with van der Waals surface area (Å²) in [6.07, 6.45) is 9.94. The predicted molar refractivity (Wildman–Crippen MR) is 73.8 cm³/mol. The van der Waals surface area contributed by atoms with Crippen molar-refractivity contribution in [3.05, 3.63) is 0 Å². The number of hydrogen-bond donors (Lipinski definition) is 1. The van der Waals surface area contributed by atoms with Crippen molar-refractivity contribution < 1.29 is 4.74 Å². The molecule has 0 amide bonds. The average Bonchev–Trinajstić information content (AvgIpc) is 2.76. The number of piperazine rings is 1. The first-order valence-electron chi connectivity index (χ1n) is 7.90. The molecule has 2 atom stereocenters. The third-order valence-electron chi connectivity index (χ3n) is 5.18. The van der Waals surface area contributed by atoms with Gasteiger partial charge in [-0.15, -0.1) is 0 Å². The molecule has 2 saturated heterocycles. The number of ether oxygens (including phenoxy) is 1. The third kappa shape index (κ3) is 2.73. The van der Waals surface area contributed by atoms with Crippen LogP contribution in [0.25, 0.3) is 0 Å². The fourth-order valence-electron chi connectivity index (χ4n) is 4.00. The minimum absolute atomic E-state index is 0.292. The lowest BCUT2D eigenvalue weighted by atomic mass is 9.83. The van der Waals surface area contributed by atoms with E-state index in [0.717, 1.165) is 19.6 Å². The van der Waals surface area contributed by atoms with Crippen LogP contribution in [0.2, 0.25) is 0 Å². The summed E-state index contributed by atoms with van der Waals surface area (Å²) in [5, 5.41) is 3.46. The number of nitrogens with one attached hydrogen (secondary N) is 1. The van der Waals surface area contributed by atoms with Crippen LogP contribution >= 0.6 is 0 Å². The molecule has 0 aromatic heterocycles. The van der Waals surface area contributed by atoms with E-state index < -0.39 is 0 Å². The lowest BCUT2D eigenvalue weighted by Gasteiger charge is -2.37. The van der Waals surface area contributed by atoms with Gasteiger partial charge < -0.3 is 10.1 Å². The maximum absolute atomic E-state index is 6.48. The highest BCUT2D eigenvalue weighted by atomic mass is 16.5. The molecular weight excluding hydrogens is 224 g/mol. The minimum atomic E-state index is 0.292. The lowest BCUT2D eigenvalue weighted by Crippen LogP contribution is -2.52. The molecule has 3 nitrogen and oxygen atoms in total. The number of nitrogens with zero attached hydrogens (tertiary/aromatic N) is 1. The molecule has 18 heavy (non-hydrogen) atoms. The Morgan fingerprint density at radius 3 is 2.83 bits per heavy atom. The Balaban J connectivity index is 1.52. The third-order valence-corrected chi connectivity index (χ3v) is 5.18. The molecular formula is C15H28N2O. The van der Waals surface area contributed by atoms with Crippen molar-refractivity contribution in [3.63, 3.8) is 0 Å². The second-order valence-electron chi connectivity index (χ2n) is 6.57. The van der Waals surface area contributed by atoms with Crippen molar-refractivity contribution in [2.75, 3.05) is 26.2 Å². The normalized spacial score (nSPS) is 37.2. The van der Waals surface area contributed by atoms with Crippen LogP contribution in [0, 0.1) is 0 Å². The molecule has 1 N–H and O–H groups in total. The second kappa shape index (κ2) is 5.48. The minimum Gasteiger partial charge on any atom is -0.370 e. The van der Waals surface area contributed by atoms with E-state index in [1.807, 2.05) is 0 Å². The van der Waals surface area contributed by atoms with Crippen molar-refractivity contribution in [1.82, 2.24) is 10.2 Å². The number of rotatable bonds is 2. The molecule has 0 aromatic rings. The van der Waals surface area contributed by atoms with E-state index in [1.165, 1.54) is 51.5 Å². The van der Waals surface area contributed by atoms with Crippen LogP contribution in [0.1, 0.15) is 51.9 Å². The molecule has 0 bridgehead atoms. The van der Waals surface area contributed by atoms with Crippen LogP contribution in [0.4, 0.5) is 0 Å². The molecule has 3 heteroatoms. The molecule has 2 heterocycles. The molecule has 3 aliphatic rings. The van der Waals surface area contributed by atoms with E-state index in [2.05, 4.69) is 17.1 Å². The Bertz CT molecular complexity index is 276. The fraction of sp³-hybridized carbons (Fsp3) is 1.00. The van der Waals surface area contributed by atoms with Gasteiger partial charge in [-0.2, -0.15) is 0 Å². The van der Waals surface area contributed by atoms with Gasteiger partial charge in [0, 0.05) is 32.2 Å². The summed E-state index contributed by atoms with van der Waals surface area (Å²) in [6, 6.07) is 0.672. The predicted octanol–water partition coefficient (Wildman–Crippen LogP) is 2.16. The quantitative estimate of drug-likeness (QED) is 0.815. The van der Waals surface area contributed by atoms with Crippen LogP contribution in [-0.4, -0.2) is 48.8 Å². The Hall–Kier alpha value is -0.120. The summed E-state index contributed by atoms with van der Waals surface area (Å²) < 4.78 is 6.48. The summed E-state index contributed by atoms with van der Waals surface area (Å²) in [7, 11) is 0. The molecule has 0 radical (unpaired) electrons. The zero-order valence-corrected chi connectivity index (χ0v) is 11.8. The molecule has 1 saturated carbocycles. The van der Waals surface area contributed by atoms with Gasteiger partial charge in [0.2, 0.25) is 0 Å². The molecule has 1 spiro atoms. The maximum Gasteiger partial charge on any atom is 0.0710 e. The summed E-state index contributed by atoms with van der Waals surface area (Å²) in [6.45, 7) is 6.95. The summed E-state index contributed by atoms with van der Waals surface area (Å²) in [4.78, 5) is 2.61. The Morgan fingerprint density at radius 2 is 2.06 bits per heavy atom. The van der Waals surface area contributed by atoms with E-state index >= 15 is 0 Å². The molecule has 1 aliphatic carbocycles. The first-order valence-corrected chi connectivity index (χ1v) is 7.90. The van der Waals surface area contributed by atoms with E-state index in [4.69, 9.17) is 4.74 Å². The van der Waals surface area contributed by atoms with Gasteiger partial charge in [0.15, 0.2) is 0 Å². The van der Waals surface area contributed by atoms with Gasteiger partial charge >= 0.3 is 0 Å². The fourth-order valence-corrected chi connectivity index (χ4v) is 4.00. The summed E-state index contributed by atoms with van der Waals surface area (Å²) in [5.41, 5.74) is 0.292. The van der Waals surface area contributed by atoms with Crippen LogP contribution in [0.5, 0.6) is 0 Å². The Morgan fingerprint density at radius 1 is 1.22 bits per heavy atom. The SMILES string of the molecule is C[C@@H]1CNCCN1CC1CCC2(CCCCC2)O1. The summed E-state index contributed by atoms with van der Waals surface area (Å²) in [5.74, 6) is 0. The van der Waals surface area contributed by atoms with E-state index in [9.17, 15) is 0 Å². The van der Waals surface area contributed by atoms with E-state index in [-0.39, 0.29) is 0 Å². The monoisotopic (exact) mass is 252 g/mol. The van der Waals surface area contributed by atoms with Gasteiger partial charge in [-0.3, -0.25) is 4.90 Å². The van der Waals surface area contributed by atoms with Gasteiger partial charge in [-0.05, 0) is 32.6 Å². The van der Waals surface area contributed by atoms with Crippen molar-refractivity contribution in [2.24, 2.45) is 0 Å². The first-order chi connectivity index (χ1) is 8.77. The van der Waals surface area contributed by atoms with Crippen molar-refractivity contribution in [2.45, 2.75) is 69.6 Å². The molecule has 3 rings (SSSR count). The average molecular weight is 252 g/mol. The van der Waals surface area contributed by atoms with Gasteiger partial charge in [0.1, 0.15) is 0 Å². The van der Waals surface area contributed by atoms with Crippen molar-refractivity contribution >= 4 is 0 Å². The standard InChI is InChI=1S/C15H28N2O/c1-13-11-16-9-10-17(13)12-14-5-8-15(18-14)6-3-2-4-7-15/h13-14,16H,2-12H2,1H3/t13-,14?/m1/s1. The maximum atomic E-state index is 6.48. The van der Waals surface area contributed by atoms with E-state index in [0.29, 0.717) is 17.7 Å². The molecule has 104 valence electrons. The van der Waals surface area contributed by atoms with Crippen LogP contribution in [-0.2, 0) is 4.74 Å². The smallest absolute Gasteiger partial charge is 0.0710 e. The van der Waals surface area contributed by atoms with E-state index in [1.54, 1.807) is 0 Å². The van der Waals surface area contributed by atoms with Gasteiger partial charge in [0.25, 0.3) is 0 Å². The second-order valence-corrected chi connectivity index (χ2v) is 6.57. The van der Waals surface area contributed by atoms with Crippen LogP contribution in [0.3, 0.4) is 0 Å². The highest BCUT2D eigenvalue weighted by Gasteiger charge is 2.41. The molecule has 0 aromatic carbocycles. The first kappa shape index (κ1) is 12.9. The molecule has 3 fully saturated rings.